The SMILES string of the molecule is Cc1c(-c2cccc3c2ccn3CC(F)F)c(OC(F)F)cc2c1-n1c(C)nnc1C(C)(C)N2. The van der Waals surface area contributed by atoms with Gasteiger partial charge in [-0.3, -0.25) is 4.57 Å². The van der Waals surface area contributed by atoms with E-state index in [0.717, 1.165) is 5.69 Å². The van der Waals surface area contributed by atoms with Crippen LogP contribution in [0.15, 0.2) is 36.5 Å². The topological polar surface area (TPSA) is 56.9 Å². The predicted octanol–water partition coefficient (Wildman–Crippen LogP) is 6.03. The van der Waals surface area contributed by atoms with Crippen molar-refractivity contribution >= 4 is 16.6 Å². The quantitative estimate of drug-likeness (QED) is 0.360. The molecule has 0 radical (unpaired) electrons. The first-order valence-corrected chi connectivity index (χ1v) is 10.8. The minimum Gasteiger partial charge on any atom is -0.434 e. The Balaban J connectivity index is 1.81. The van der Waals surface area contributed by atoms with Crippen LogP contribution >= 0.6 is 0 Å². The zero-order chi connectivity index (χ0) is 24.4. The Morgan fingerprint density at radius 2 is 1.85 bits per heavy atom. The first-order chi connectivity index (χ1) is 16.1. The van der Waals surface area contributed by atoms with E-state index in [2.05, 4.69) is 15.5 Å². The number of hydrogen-bond acceptors (Lipinski definition) is 4. The fourth-order valence-electron chi connectivity index (χ4n) is 4.86. The fourth-order valence-corrected chi connectivity index (χ4v) is 4.86. The van der Waals surface area contributed by atoms with E-state index in [0.29, 0.717) is 44.9 Å². The van der Waals surface area contributed by atoms with E-state index in [1.54, 1.807) is 36.5 Å². The molecule has 0 saturated heterocycles. The van der Waals surface area contributed by atoms with Gasteiger partial charge in [0.15, 0.2) is 5.82 Å². The number of ether oxygens (including phenoxy) is 1. The number of aryl methyl sites for hydroxylation is 1. The Morgan fingerprint density at radius 3 is 2.56 bits per heavy atom. The van der Waals surface area contributed by atoms with Gasteiger partial charge >= 0.3 is 6.61 Å². The number of aromatic nitrogens is 4. The number of benzene rings is 2. The molecule has 0 bridgehead atoms. The smallest absolute Gasteiger partial charge is 0.387 e. The summed E-state index contributed by atoms with van der Waals surface area (Å²) in [5, 5.41) is 12.6. The Kier molecular flexibility index (Phi) is 5.07. The number of nitrogens with one attached hydrogen (secondary N) is 1. The normalized spacial score (nSPS) is 14.4. The Bertz CT molecular complexity index is 1410. The van der Waals surface area contributed by atoms with Crippen molar-refractivity contribution in [3.63, 3.8) is 0 Å². The highest BCUT2D eigenvalue weighted by Crippen LogP contribution is 2.47. The number of nitrogens with zero attached hydrogens (tertiary/aromatic N) is 4. The van der Waals surface area contributed by atoms with Gasteiger partial charge in [-0.2, -0.15) is 8.78 Å². The molecule has 0 atom stereocenters. The molecule has 10 heteroatoms. The maximum atomic E-state index is 13.5. The first-order valence-electron chi connectivity index (χ1n) is 10.8. The second-order valence-electron chi connectivity index (χ2n) is 8.90. The molecule has 178 valence electrons. The Labute approximate surface area is 193 Å². The fraction of sp³-hybridized carbons (Fsp3) is 0.333. The van der Waals surface area contributed by atoms with Crippen molar-refractivity contribution in [1.29, 1.82) is 0 Å². The number of anilines is 1. The van der Waals surface area contributed by atoms with Gasteiger partial charge in [-0.05, 0) is 51.0 Å². The summed E-state index contributed by atoms with van der Waals surface area (Å²) >= 11 is 0. The third-order valence-corrected chi connectivity index (χ3v) is 6.20. The summed E-state index contributed by atoms with van der Waals surface area (Å²) in [5.41, 5.74) is 3.07. The van der Waals surface area contributed by atoms with E-state index in [4.69, 9.17) is 4.74 Å². The molecule has 2 aromatic heterocycles. The van der Waals surface area contributed by atoms with Crippen LogP contribution in [0.3, 0.4) is 0 Å². The van der Waals surface area contributed by atoms with E-state index < -0.39 is 25.1 Å². The highest BCUT2D eigenvalue weighted by atomic mass is 19.3. The Hall–Kier alpha value is -3.56. The van der Waals surface area contributed by atoms with Crippen LogP contribution < -0.4 is 10.1 Å². The van der Waals surface area contributed by atoms with Crippen molar-refractivity contribution in [2.45, 2.75) is 52.8 Å². The van der Waals surface area contributed by atoms with Crippen LogP contribution in [0.1, 0.15) is 31.1 Å². The van der Waals surface area contributed by atoms with Crippen molar-refractivity contribution in [3.05, 3.63) is 53.7 Å². The first kappa shape index (κ1) is 22.2. The third-order valence-electron chi connectivity index (χ3n) is 6.20. The van der Waals surface area contributed by atoms with E-state index in [-0.39, 0.29) is 5.75 Å². The number of hydrogen-bond donors (Lipinski definition) is 1. The van der Waals surface area contributed by atoms with Crippen molar-refractivity contribution in [2.24, 2.45) is 0 Å². The lowest BCUT2D eigenvalue weighted by Crippen LogP contribution is -2.36. The summed E-state index contributed by atoms with van der Waals surface area (Å²) in [6.07, 6.45) is -0.944. The molecule has 34 heavy (non-hydrogen) atoms. The predicted molar refractivity (Wildman–Crippen MR) is 121 cm³/mol. The zero-order valence-electron chi connectivity index (χ0n) is 19.0. The monoisotopic (exact) mass is 473 g/mol. The molecule has 4 aromatic rings. The molecule has 1 N–H and O–H groups in total. The van der Waals surface area contributed by atoms with E-state index in [1.807, 2.05) is 32.3 Å². The lowest BCUT2D eigenvalue weighted by atomic mass is 9.91. The number of alkyl halides is 4. The average Bonchev–Trinajstić information content (AvgIpc) is 3.32. The van der Waals surface area contributed by atoms with Crippen molar-refractivity contribution in [1.82, 2.24) is 19.3 Å². The minimum atomic E-state index is -3.04. The molecule has 5 rings (SSSR count). The van der Waals surface area contributed by atoms with Crippen molar-refractivity contribution in [3.8, 4) is 22.6 Å². The van der Waals surface area contributed by atoms with Crippen LogP contribution in [0.4, 0.5) is 23.2 Å². The highest BCUT2D eigenvalue weighted by molar-refractivity contribution is 5.99. The molecule has 0 saturated carbocycles. The standard InChI is InChI=1S/C24H23F4N5O/c1-12-20(15-6-5-7-17-14(15)8-9-32(17)11-19(25)26)18(34-23(27)28)10-16-21(12)33-13(2)30-31-22(33)24(3,4)29-16/h5-10,19,23,29H,11H2,1-4H3. The second kappa shape index (κ2) is 7.75. The van der Waals surface area contributed by atoms with Crippen LogP contribution in [0, 0.1) is 13.8 Å². The summed E-state index contributed by atoms with van der Waals surface area (Å²) < 4.78 is 61.5. The molecule has 3 heterocycles. The second-order valence-corrected chi connectivity index (χ2v) is 8.90. The van der Waals surface area contributed by atoms with Gasteiger partial charge in [-0.15, -0.1) is 10.2 Å². The highest BCUT2D eigenvalue weighted by Gasteiger charge is 2.36. The molecule has 0 spiro atoms. The van der Waals surface area contributed by atoms with Gasteiger partial charge in [-0.1, -0.05) is 12.1 Å². The molecule has 0 unspecified atom stereocenters. The molecule has 1 aliphatic heterocycles. The summed E-state index contributed by atoms with van der Waals surface area (Å²) in [6.45, 7) is 4.01. The van der Waals surface area contributed by atoms with Gasteiger partial charge in [0, 0.05) is 28.7 Å². The molecule has 6 nitrogen and oxygen atoms in total. The Morgan fingerprint density at radius 1 is 1.09 bits per heavy atom. The molecule has 1 aliphatic rings. The average molecular weight is 473 g/mol. The summed E-state index contributed by atoms with van der Waals surface area (Å²) in [6, 6.07) is 8.51. The maximum Gasteiger partial charge on any atom is 0.387 e. The van der Waals surface area contributed by atoms with Crippen LogP contribution in [0.2, 0.25) is 0 Å². The van der Waals surface area contributed by atoms with Crippen molar-refractivity contribution < 1.29 is 22.3 Å². The van der Waals surface area contributed by atoms with Gasteiger partial charge in [0.1, 0.15) is 11.6 Å². The van der Waals surface area contributed by atoms with Gasteiger partial charge in [0.25, 0.3) is 6.43 Å². The van der Waals surface area contributed by atoms with Gasteiger partial charge < -0.3 is 14.6 Å². The molecule has 0 aliphatic carbocycles. The van der Waals surface area contributed by atoms with E-state index in [9.17, 15) is 17.6 Å². The summed E-state index contributed by atoms with van der Waals surface area (Å²) in [5.74, 6) is 1.34. The molecule has 2 aromatic carbocycles. The number of rotatable bonds is 5. The molecular weight excluding hydrogens is 450 g/mol. The maximum absolute atomic E-state index is 13.5. The van der Waals surface area contributed by atoms with E-state index in [1.165, 1.54) is 4.57 Å². The van der Waals surface area contributed by atoms with Crippen LogP contribution in [-0.2, 0) is 12.1 Å². The molecule has 0 amide bonds. The minimum absolute atomic E-state index is 0.00200. The van der Waals surface area contributed by atoms with Crippen LogP contribution in [0.5, 0.6) is 5.75 Å². The zero-order valence-corrected chi connectivity index (χ0v) is 19.0. The lowest BCUT2D eigenvalue weighted by Gasteiger charge is -2.35. The summed E-state index contributed by atoms with van der Waals surface area (Å²) in [7, 11) is 0. The number of halogens is 4. The van der Waals surface area contributed by atoms with Gasteiger partial charge in [0.2, 0.25) is 0 Å². The summed E-state index contributed by atoms with van der Waals surface area (Å²) in [4.78, 5) is 0. The third kappa shape index (κ3) is 3.39. The number of fused-ring (bicyclic) bond motifs is 4. The lowest BCUT2D eigenvalue weighted by molar-refractivity contribution is -0.0494. The largest absolute Gasteiger partial charge is 0.434 e. The molecule has 0 fully saturated rings. The van der Waals surface area contributed by atoms with Crippen molar-refractivity contribution in [2.75, 3.05) is 5.32 Å². The van der Waals surface area contributed by atoms with E-state index >= 15 is 0 Å². The van der Waals surface area contributed by atoms with Gasteiger partial charge in [0.05, 0.1) is 23.5 Å². The molecular formula is C24H23F4N5O. The van der Waals surface area contributed by atoms with Gasteiger partial charge in [-0.25, -0.2) is 8.78 Å². The van der Waals surface area contributed by atoms with Crippen LogP contribution in [0.25, 0.3) is 27.7 Å². The van der Waals surface area contributed by atoms with Crippen LogP contribution in [-0.4, -0.2) is 32.4 Å².